The molecule has 0 aliphatic carbocycles. The number of anilines is 1. The molecular weight excluding hydrogens is 340 g/mol. The number of carbonyl (C=O) groups is 2. The van der Waals surface area contributed by atoms with Gasteiger partial charge in [-0.15, -0.1) is 0 Å². The quantitative estimate of drug-likeness (QED) is 0.667. The molecule has 0 atom stereocenters. The molecule has 4 nitrogen and oxygen atoms in total. The minimum atomic E-state index is -1.23. The summed E-state index contributed by atoms with van der Waals surface area (Å²) < 4.78 is 30.9. The lowest BCUT2D eigenvalue weighted by atomic mass is 10.1. The van der Waals surface area contributed by atoms with Gasteiger partial charge >= 0.3 is 5.97 Å². The Hall–Kier alpha value is -2.47. The molecule has 0 heterocycles. The van der Waals surface area contributed by atoms with Gasteiger partial charge in [-0.3, -0.25) is 4.79 Å². The van der Waals surface area contributed by atoms with E-state index in [4.69, 9.17) is 16.3 Å². The van der Waals surface area contributed by atoms with E-state index in [0.29, 0.717) is 17.8 Å². The fourth-order valence-corrected chi connectivity index (χ4v) is 2.17. The third-order valence-corrected chi connectivity index (χ3v) is 3.54. The molecule has 0 saturated carbocycles. The smallest absolute Gasteiger partial charge is 0.340 e. The van der Waals surface area contributed by atoms with Crippen molar-refractivity contribution in [1.29, 1.82) is 0 Å². The summed E-state index contributed by atoms with van der Waals surface area (Å²) in [4.78, 5) is 23.7. The highest BCUT2D eigenvalue weighted by molar-refractivity contribution is 6.33. The van der Waals surface area contributed by atoms with Crippen LogP contribution < -0.4 is 5.32 Å². The fourth-order valence-electron chi connectivity index (χ4n) is 1.94. The van der Waals surface area contributed by atoms with Gasteiger partial charge in [0.15, 0.2) is 18.2 Å². The summed E-state index contributed by atoms with van der Waals surface area (Å²) in [5.41, 5.74) is 2.06. The molecule has 1 N–H and O–H groups in total. The third-order valence-electron chi connectivity index (χ3n) is 3.23. The highest BCUT2D eigenvalue weighted by atomic mass is 35.5. The molecule has 0 bridgehead atoms. The molecule has 2 aromatic carbocycles. The van der Waals surface area contributed by atoms with E-state index in [9.17, 15) is 18.4 Å². The van der Waals surface area contributed by atoms with Crippen LogP contribution in [0.2, 0.25) is 5.02 Å². The molecule has 1 amide bonds. The van der Waals surface area contributed by atoms with Gasteiger partial charge in [-0.1, -0.05) is 23.7 Å². The van der Waals surface area contributed by atoms with Crippen molar-refractivity contribution in [3.63, 3.8) is 0 Å². The Labute approximate surface area is 142 Å². The predicted molar refractivity (Wildman–Crippen MR) is 86.2 cm³/mol. The van der Waals surface area contributed by atoms with Crippen LogP contribution in [0.15, 0.2) is 30.3 Å². The summed E-state index contributed by atoms with van der Waals surface area (Å²) in [5, 5.41) is 2.31. The molecule has 0 aliphatic rings. The van der Waals surface area contributed by atoms with E-state index in [1.165, 1.54) is 0 Å². The molecule has 0 unspecified atom stereocenters. The molecule has 0 fully saturated rings. The standard InChI is InChI=1S/C17H14ClF2NO3/c1-9-3-4-10(2)15(5-9)21-16(22)8-24-17(23)11-6-13(19)14(20)7-12(11)18/h3-7H,8H2,1-2H3,(H,21,22). The van der Waals surface area contributed by atoms with Crippen LogP contribution in [-0.2, 0) is 9.53 Å². The van der Waals surface area contributed by atoms with Crippen molar-refractivity contribution in [2.24, 2.45) is 0 Å². The number of halogens is 3. The third kappa shape index (κ3) is 4.29. The lowest BCUT2D eigenvalue weighted by Crippen LogP contribution is -2.21. The number of esters is 1. The Morgan fingerprint density at radius 2 is 1.79 bits per heavy atom. The predicted octanol–water partition coefficient (Wildman–Crippen LogP) is 4.03. The molecule has 0 spiro atoms. The van der Waals surface area contributed by atoms with Crippen LogP contribution in [-0.4, -0.2) is 18.5 Å². The number of benzene rings is 2. The van der Waals surface area contributed by atoms with E-state index in [2.05, 4.69) is 5.32 Å². The van der Waals surface area contributed by atoms with E-state index in [0.717, 1.165) is 11.1 Å². The Balaban J connectivity index is 2.00. The average Bonchev–Trinajstić information content (AvgIpc) is 2.52. The molecule has 0 aliphatic heterocycles. The average molecular weight is 354 g/mol. The number of carbonyl (C=O) groups excluding carboxylic acids is 2. The van der Waals surface area contributed by atoms with Gasteiger partial charge in [-0.2, -0.15) is 0 Å². The summed E-state index contributed by atoms with van der Waals surface area (Å²) in [6.07, 6.45) is 0. The van der Waals surface area contributed by atoms with Gasteiger partial charge < -0.3 is 10.1 Å². The van der Waals surface area contributed by atoms with E-state index in [1.807, 2.05) is 26.0 Å². The van der Waals surface area contributed by atoms with Crippen molar-refractivity contribution in [1.82, 2.24) is 0 Å². The minimum absolute atomic E-state index is 0.297. The van der Waals surface area contributed by atoms with Crippen molar-refractivity contribution in [3.05, 3.63) is 63.7 Å². The topological polar surface area (TPSA) is 55.4 Å². The SMILES string of the molecule is Cc1ccc(C)c(NC(=O)COC(=O)c2cc(F)c(F)cc2Cl)c1. The zero-order chi connectivity index (χ0) is 17.9. The number of nitrogens with one attached hydrogen (secondary N) is 1. The lowest BCUT2D eigenvalue weighted by molar-refractivity contribution is -0.119. The fraction of sp³-hybridized carbons (Fsp3) is 0.176. The normalized spacial score (nSPS) is 10.4. The molecule has 0 radical (unpaired) electrons. The number of hydrogen-bond acceptors (Lipinski definition) is 3. The molecule has 7 heteroatoms. The highest BCUT2D eigenvalue weighted by Crippen LogP contribution is 2.21. The summed E-state index contributed by atoms with van der Waals surface area (Å²) in [6.45, 7) is 3.11. The number of rotatable bonds is 4. The van der Waals surface area contributed by atoms with Gasteiger partial charge in [0.25, 0.3) is 5.91 Å². The molecule has 2 aromatic rings. The maximum atomic E-state index is 13.2. The van der Waals surface area contributed by atoms with Crippen LogP contribution in [0.5, 0.6) is 0 Å². The summed E-state index contributed by atoms with van der Waals surface area (Å²) in [6, 6.07) is 6.82. The largest absolute Gasteiger partial charge is 0.452 e. The maximum absolute atomic E-state index is 13.2. The molecule has 0 saturated heterocycles. The van der Waals surface area contributed by atoms with Gasteiger partial charge in [0.1, 0.15) is 0 Å². The Bertz CT molecular complexity index is 809. The van der Waals surface area contributed by atoms with Crippen molar-refractivity contribution in [2.45, 2.75) is 13.8 Å². The van der Waals surface area contributed by atoms with Crippen molar-refractivity contribution in [3.8, 4) is 0 Å². The van der Waals surface area contributed by atoms with Crippen molar-refractivity contribution >= 4 is 29.2 Å². The minimum Gasteiger partial charge on any atom is -0.452 e. The van der Waals surface area contributed by atoms with Crippen LogP contribution in [0.4, 0.5) is 14.5 Å². The molecule has 126 valence electrons. The van der Waals surface area contributed by atoms with Crippen LogP contribution in [0, 0.1) is 25.5 Å². The zero-order valence-corrected chi connectivity index (χ0v) is 13.7. The lowest BCUT2D eigenvalue weighted by Gasteiger charge is -2.10. The van der Waals surface area contributed by atoms with Gasteiger partial charge in [0.05, 0.1) is 10.6 Å². The van der Waals surface area contributed by atoms with Crippen LogP contribution in [0.3, 0.4) is 0 Å². The first-order chi connectivity index (χ1) is 11.3. The second kappa shape index (κ2) is 7.40. The van der Waals surface area contributed by atoms with Crippen LogP contribution >= 0.6 is 11.6 Å². The second-order valence-corrected chi connectivity index (χ2v) is 5.60. The second-order valence-electron chi connectivity index (χ2n) is 5.19. The Morgan fingerprint density at radius 1 is 1.12 bits per heavy atom. The van der Waals surface area contributed by atoms with Crippen molar-refractivity contribution < 1.29 is 23.1 Å². The first kappa shape index (κ1) is 17.9. The molecule has 2 rings (SSSR count). The highest BCUT2D eigenvalue weighted by Gasteiger charge is 2.17. The monoisotopic (exact) mass is 353 g/mol. The van der Waals surface area contributed by atoms with E-state index < -0.39 is 30.1 Å². The van der Waals surface area contributed by atoms with Crippen LogP contribution in [0.1, 0.15) is 21.5 Å². The summed E-state index contributed by atoms with van der Waals surface area (Å²) in [5.74, 6) is -3.99. The van der Waals surface area contributed by atoms with Gasteiger partial charge in [0, 0.05) is 5.69 Å². The number of aryl methyl sites for hydroxylation is 2. The molecular formula is C17H14ClF2NO3. The van der Waals surface area contributed by atoms with Gasteiger partial charge in [-0.05, 0) is 43.2 Å². The number of hydrogen-bond donors (Lipinski definition) is 1. The van der Waals surface area contributed by atoms with E-state index in [1.54, 1.807) is 6.07 Å². The van der Waals surface area contributed by atoms with Gasteiger partial charge in [0.2, 0.25) is 0 Å². The van der Waals surface area contributed by atoms with E-state index >= 15 is 0 Å². The molecule has 0 aromatic heterocycles. The summed E-state index contributed by atoms with van der Waals surface area (Å²) in [7, 11) is 0. The number of ether oxygens (including phenoxy) is 1. The first-order valence-electron chi connectivity index (χ1n) is 6.96. The maximum Gasteiger partial charge on any atom is 0.340 e. The summed E-state index contributed by atoms with van der Waals surface area (Å²) >= 11 is 5.67. The van der Waals surface area contributed by atoms with Crippen LogP contribution in [0.25, 0.3) is 0 Å². The molecule has 24 heavy (non-hydrogen) atoms. The number of amides is 1. The van der Waals surface area contributed by atoms with Crippen molar-refractivity contribution in [2.75, 3.05) is 11.9 Å². The Kier molecular flexibility index (Phi) is 5.51. The first-order valence-corrected chi connectivity index (χ1v) is 7.34. The van der Waals surface area contributed by atoms with Gasteiger partial charge in [-0.25, -0.2) is 13.6 Å². The zero-order valence-electron chi connectivity index (χ0n) is 13.0. The Morgan fingerprint density at radius 3 is 2.50 bits per heavy atom. The van der Waals surface area contributed by atoms with E-state index in [-0.39, 0.29) is 10.6 Å².